The van der Waals surface area contributed by atoms with Gasteiger partial charge in [-0.3, -0.25) is 0 Å². The first kappa shape index (κ1) is 12.5. The van der Waals surface area contributed by atoms with Gasteiger partial charge in [-0.2, -0.15) is 0 Å². The van der Waals surface area contributed by atoms with Crippen molar-refractivity contribution in [3.8, 4) is 5.75 Å². The van der Waals surface area contributed by atoms with E-state index < -0.39 is 11.6 Å². The van der Waals surface area contributed by atoms with E-state index in [1.54, 1.807) is 19.1 Å². The van der Waals surface area contributed by atoms with E-state index in [9.17, 15) is 13.2 Å². The van der Waals surface area contributed by atoms with Crippen molar-refractivity contribution in [1.29, 1.82) is 0 Å². The van der Waals surface area contributed by atoms with Gasteiger partial charge in [0.2, 0.25) is 0 Å². The third-order valence-electron chi connectivity index (χ3n) is 2.55. The van der Waals surface area contributed by atoms with Gasteiger partial charge in [0.1, 0.15) is 29.8 Å². The molecule has 0 aromatic heterocycles. The summed E-state index contributed by atoms with van der Waals surface area (Å²) in [6, 6.07) is 7.64. The first-order chi connectivity index (χ1) is 8.56. The van der Waals surface area contributed by atoms with E-state index in [1.807, 2.05) is 0 Å². The Morgan fingerprint density at radius 3 is 2.39 bits per heavy atom. The van der Waals surface area contributed by atoms with Crippen LogP contribution in [0.4, 0.5) is 13.2 Å². The second-order valence-corrected chi connectivity index (χ2v) is 3.94. The van der Waals surface area contributed by atoms with E-state index >= 15 is 0 Å². The predicted molar refractivity (Wildman–Crippen MR) is 61.8 cm³/mol. The summed E-state index contributed by atoms with van der Waals surface area (Å²) in [5, 5.41) is 0. The van der Waals surface area contributed by atoms with Gasteiger partial charge in [0, 0.05) is 17.7 Å². The number of benzene rings is 2. The molecule has 0 aliphatic carbocycles. The molecule has 2 aromatic rings. The largest absolute Gasteiger partial charge is 0.489 e. The van der Waals surface area contributed by atoms with Gasteiger partial charge in [-0.25, -0.2) is 13.2 Å². The molecule has 0 fully saturated rings. The van der Waals surface area contributed by atoms with E-state index in [1.165, 1.54) is 12.1 Å². The van der Waals surface area contributed by atoms with Crippen LogP contribution in [0.1, 0.15) is 11.1 Å². The molecule has 0 bridgehead atoms. The molecule has 4 heteroatoms. The second kappa shape index (κ2) is 5.12. The van der Waals surface area contributed by atoms with Crippen molar-refractivity contribution in [3.63, 3.8) is 0 Å². The molecular weight excluding hydrogens is 241 g/mol. The quantitative estimate of drug-likeness (QED) is 0.802. The lowest BCUT2D eigenvalue weighted by Crippen LogP contribution is -1.99. The van der Waals surface area contributed by atoms with Gasteiger partial charge < -0.3 is 4.74 Å². The first-order valence-corrected chi connectivity index (χ1v) is 5.39. The van der Waals surface area contributed by atoms with E-state index in [-0.39, 0.29) is 18.0 Å². The summed E-state index contributed by atoms with van der Waals surface area (Å²) in [7, 11) is 0. The molecule has 1 nitrogen and oxygen atoms in total. The number of aryl methyl sites for hydroxylation is 1. The smallest absolute Gasteiger partial charge is 0.132 e. The Kier molecular flexibility index (Phi) is 3.55. The highest BCUT2D eigenvalue weighted by atomic mass is 19.1. The molecule has 94 valence electrons. The van der Waals surface area contributed by atoms with Gasteiger partial charge in [-0.1, -0.05) is 6.07 Å². The molecule has 2 aromatic carbocycles. The maximum absolute atomic E-state index is 13.3. The van der Waals surface area contributed by atoms with Crippen LogP contribution in [0.3, 0.4) is 0 Å². The van der Waals surface area contributed by atoms with Gasteiger partial charge in [0.25, 0.3) is 0 Å². The van der Waals surface area contributed by atoms with E-state index in [2.05, 4.69) is 0 Å². The molecular formula is C14H11F3O. The topological polar surface area (TPSA) is 9.23 Å². The van der Waals surface area contributed by atoms with Crippen molar-refractivity contribution in [2.24, 2.45) is 0 Å². The summed E-state index contributed by atoms with van der Waals surface area (Å²) in [4.78, 5) is 0. The second-order valence-electron chi connectivity index (χ2n) is 3.94. The van der Waals surface area contributed by atoms with Crippen LogP contribution in [0.5, 0.6) is 5.75 Å². The zero-order chi connectivity index (χ0) is 13.1. The van der Waals surface area contributed by atoms with E-state index in [0.717, 1.165) is 12.1 Å². The fourth-order valence-electron chi connectivity index (χ4n) is 1.46. The lowest BCUT2D eigenvalue weighted by atomic mass is 10.2. The monoisotopic (exact) mass is 252 g/mol. The summed E-state index contributed by atoms with van der Waals surface area (Å²) >= 11 is 0. The Bertz CT molecular complexity index is 567. The highest BCUT2D eigenvalue weighted by Crippen LogP contribution is 2.18. The average Bonchev–Trinajstić information content (AvgIpc) is 2.32. The summed E-state index contributed by atoms with van der Waals surface area (Å²) in [6.07, 6.45) is 0. The molecule has 0 amide bonds. The molecule has 0 aliphatic rings. The van der Waals surface area contributed by atoms with Crippen molar-refractivity contribution in [3.05, 3.63) is 65.0 Å². The summed E-state index contributed by atoms with van der Waals surface area (Å²) < 4.78 is 44.5. The third-order valence-corrected chi connectivity index (χ3v) is 2.55. The van der Waals surface area contributed by atoms with Crippen molar-refractivity contribution < 1.29 is 17.9 Å². The van der Waals surface area contributed by atoms with Crippen LogP contribution < -0.4 is 4.74 Å². The predicted octanol–water partition coefficient (Wildman–Crippen LogP) is 3.99. The molecule has 18 heavy (non-hydrogen) atoms. The van der Waals surface area contributed by atoms with Crippen molar-refractivity contribution in [2.45, 2.75) is 13.5 Å². The first-order valence-electron chi connectivity index (χ1n) is 5.39. The minimum absolute atomic E-state index is 0.0748. The van der Waals surface area contributed by atoms with Crippen LogP contribution in [-0.2, 0) is 6.61 Å². The number of hydrogen-bond donors (Lipinski definition) is 0. The lowest BCUT2D eigenvalue weighted by molar-refractivity contribution is 0.298. The molecule has 0 unspecified atom stereocenters. The van der Waals surface area contributed by atoms with E-state index in [0.29, 0.717) is 11.3 Å². The molecule has 0 N–H and O–H groups in total. The molecule has 2 rings (SSSR count). The fourth-order valence-corrected chi connectivity index (χ4v) is 1.46. The van der Waals surface area contributed by atoms with Crippen LogP contribution in [0.15, 0.2) is 36.4 Å². The van der Waals surface area contributed by atoms with Crippen LogP contribution in [0, 0.1) is 24.4 Å². The average molecular weight is 252 g/mol. The normalized spacial score (nSPS) is 10.4. The van der Waals surface area contributed by atoms with Gasteiger partial charge in [0.15, 0.2) is 0 Å². The molecule has 0 radical (unpaired) electrons. The van der Waals surface area contributed by atoms with Crippen LogP contribution >= 0.6 is 0 Å². The molecule has 0 saturated heterocycles. The van der Waals surface area contributed by atoms with Crippen molar-refractivity contribution in [1.82, 2.24) is 0 Å². The van der Waals surface area contributed by atoms with Crippen LogP contribution in [0.25, 0.3) is 0 Å². The Morgan fingerprint density at radius 2 is 1.72 bits per heavy atom. The maximum atomic E-state index is 13.3. The van der Waals surface area contributed by atoms with Crippen LogP contribution in [-0.4, -0.2) is 0 Å². The maximum Gasteiger partial charge on any atom is 0.132 e. The van der Waals surface area contributed by atoms with Crippen LogP contribution in [0.2, 0.25) is 0 Å². The minimum Gasteiger partial charge on any atom is -0.489 e. The molecule has 0 spiro atoms. The molecule has 0 aliphatic heterocycles. The number of rotatable bonds is 3. The van der Waals surface area contributed by atoms with Gasteiger partial charge in [0.05, 0.1) is 0 Å². The fraction of sp³-hybridized carbons (Fsp3) is 0.143. The zero-order valence-electron chi connectivity index (χ0n) is 9.71. The summed E-state index contributed by atoms with van der Waals surface area (Å²) in [5.41, 5.74) is 0.729. The third kappa shape index (κ3) is 2.83. The SMILES string of the molecule is Cc1ccc(OCc2ccc(F)cc2F)cc1F. The Morgan fingerprint density at radius 1 is 0.944 bits per heavy atom. The van der Waals surface area contributed by atoms with Gasteiger partial charge in [-0.15, -0.1) is 0 Å². The summed E-state index contributed by atoms with van der Waals surface area (Å²) in [5.74, 6) is -1.39. The minimum atomic E-state index is -0.678. The molecule has 0 heterocycles. The van der Waals surface area contributed by atoms with Crippen molar-refractivity contribution >= 4 is 0 Å². The van der Waals surface area contributed by atoms with Crippen molar-refractivity contribution in [2.75, 3.05) is 0 Å². The Hall–Kier alpha value is -1.97. The Labute approximate surface area is 103 Å². The lowest BCUT2D eigenvalue weighted by Gasteiger charge is -2.08. The number of hydrogen-bond acceptors (Lipinski definition) is 1. The number of halogens is 3. The number of ether oxygens (including phenoxy) is 1. The van der Waals surface area contributed by atoms with Gasteiger partial charge in [-0.05, 0) is 30.7 Å². The Balaban J connectivity index is 2.09. The molecule has 0 saturated carbocycles. The highest BCUT2D eigenvalue weighted by Gasteiger charge is 2.05. The standard InChI is InChI=1S/C14H11F3O/c1-9-2-5-12(7-13(9)16)18-8-10-3-4-11(15)6-14(10)17/h2-7H,8H2,1H3. The zero-order valence-corrected chi connectivity index (χ0v) is 9.71. The van der Waals surface area contributed by atoms with E-state index in [4.69, 9.17) is 4.74 Å². The highest BCUT2D eigenvalue weighted by molar-refractivity contribution is 5.28. The van der Waals surface area contributed by atoms with Gasteiger partial charge >= 0.3 is 0 Å². The molecule has 0 atom stereocenters. The summed E-state index contributed by atoms with van der Waals surface area (Å²) in [6.45, 7) is 1.56.